The molecule has 0 spiro atoms. The van der Waals surface area contributed by atoms with Gasteiger partial charge in [-0.25, -0.2) is 13.6 Å². The van der Waals surface area contributed by atoms with Crippen LogP contribution in [0.5, 0.6) is 5.75 Å². The summed E-state index contributed by atoms with van der Waals surface area (Å²) in [5, 5.41) is 10.9. The van der Waals surface area contributed by atoms with E-state index < -0.39 is 30.8 Å². The Morgan fingerprint density at radius 1 is 1.27 bits per heavy atom. The van der Waals surface area contributed by atoms with Gasteiger partial charge in [-0.05, 0) is 30.5 Å². The van der Waals surface area contributed by atoms with Gasteiger partial charge in [0.1, 0.15) is 11.8 Å². The fraction of sp³-hybridized carbons (Fsp3) is 0.467. The molecule has 0 fully saturated rings. The summed E-state index contributed by atoms with van der Waals surface area (Å²) in [6, 6.07) is 5.80. The van der Waals surface area contributed by atoms with Crippen LogP contribution in [0.4, 0.5) is 8.78 Å². The lowest BCUT2D eigenvalue weighted by Gasteiger charge is -2.13. The highest BCUT2D eigenvalue weighted by Crippen LogP contribution is 2.13. The fourth-order valence-corrected chi connectivity index (χ4v) is 1.91. The van der Waals surface area contributed by atoms with Crippen molar-refractivity contribution >= 4 is 11.9 Å². The number of benzene rings is 1. The number of hydrogen-bond acceptors (Lipinski definition) is 3. The van der Waals surface area contributed by atoms with Gasteiger partial charge in [-0.3, -0.25) is 4.79 Å². The number of halogens is 2. The molecule has 1 rings (SSSR count). The molecule has 1 atom stereocenters. The first kappa shape index (κ1) is 17.9. The van der Waals surface area contributed by atoms with Crippen LogP contribution in [0.2, 0.25) is 0 Å². The molecule has 22 heavy (non-hydrogen) atoms. The molecular weight excluding hydrogens is 296 g/mol. The zero-order valence-electron chi connectivity index (χ0n) is 12.2. The van der Waals surface area contributed by atoms with Gasteiger partial charge in [-0.2, -0.15) is 0 Å². The number of amides is 1. The summed E-state index contributed by atoms with van der Waals surface area (Å²) in [5.41, 5.74) is 1.01. The molecule has 0 aliphatic carbocycles. The molecular formula is C15H19F2NO4. The maximum absolute atomic E-state index is 12.2. The third-order valence-electron chi connectivity index (χ3n) is 3.08. The third-order valence-corrected chi connectivity index (χ3v) is 3.08. The maximum atomic E-state index is 12.2. The molecule has 0 aliphatic heterocycles. The Hall–Kier alpha value is -2.18. The number of carboxylic acid groups (broad SMARTS) is 1. The van der Waals surface area contributed by atoms with Crippen molar-refractivity contribution in [3.05, 3.63) is 29.8 Å². The summed E-state index contributed by atoms with van der Waals surface area (Å²) in [7, 11) is 1.57. The van der Waals surface area contributed by atoms with E-state index in [1.54, 1.807) is 19.2 Å². The lowest BCUT2D eigenvalue weighted by atomic mass is 10.1. The molecule has 2 N–H and O–H groups in total. The Morgan fingerprint density at radius 3 is 2.41 bits per heavy atom. The van der Waals surface area contributed by atoms with E-state index in [0.29, 0.717) is 12.8 Å². The van der Waals surface area contributed by atoms with Crippen molar-refractivity contribution in [2.24, 2.45) is 0 Å². The molecule has 0 aromatic heterocycles. The van der Waals surface area contributed by atoms with Crippen molar-refractivity contribution in [2.45, 2.75) is 38.2 Å². The molecule has 7 heteroatoms. The zero-order valence-corrected chi connectivity index (χ0v) is 12.2. The number of methoxy groups -OCH3 is 1. The van der Waals surface area contributed by atoms with Crippen LogP contribution in [0.3, 0.4) is 0 Å². The monoisotopic (exact) mass is 315 g/mol. The van der Waals surface area contributed by atoms with E-state index in [9.17, 15) is 18.4 Å². The van der Waals surface area contributed by atoms with E-state index in [0.717, 1.165) is 11.3 Å². The van der Waals surface area contributed by atoms with Crippen LogP contribution >= 0.6 is 0 Å². The molecule has 1 aromatic rings. The predicted octanol–water partition coefficient (Wildman–Crippen LogP) is 2.24. The Bertz CT molecular complexity index is 491. The van der Waals surface area contributed by atoms with Crippen LogP contribution in [-0.4, -0.2) is 36.6 Å². The van der Waals surface area contributed by atoms with Gasteiger partial charge in [-0.1, -0.05) is 12.1 Å². The van der Waals surface area contributed by atoms with Gasteiger partial charge >= 0.3 is 5.97 Å². The first-order valence-electron chi connectivity index (χ1n) is 6.85. The van der Waals surface area contributed by atoms with Gasteiger partial charge in [0.2, 0.25) is 12.3 Å². The number of carbonyl (C=O) groups excluding carboxylic acids is 1. The number of nitrogens with one attached hydrogen (secondary N) is 1. The van der Waals surface area contributed by atoms with Gasteiger partial charge in [-0.15, -0.1) is 0 Å². The second kappa shape index (κ2) is 8.96. The summed E-state index contributed by atoms with van der Waals surface area (Å²) in [6.07, 6.45) is -2.46. The van der Waals surface area contributed by atoms with Crippen LogP contribution in [-0.2, 0) is 16.0 Å². The Kier molecular flexibility index (Phi) is 7.28. The van der Waals surface area contributed by atoms with Crippen LogP contribution in [0.15, 0.2) is 24.3 Å². The molecule has 1 amide bonds. The van der Waals surface area contributed by atoms with Crippen molar-refractivity contribution in [2.75, 3.05) is 7.11 Å². The molecule has 0 saturated heterocycles. The highest BCUT2D eigenvalue weighted by molar-refractivity contribution is 5.83. The predicted molar refractivity (Wildman–Crippen MR) is 76.1 cm³/mol. The molecule has 0 bridgehead atoms. The van der Waals surface area contributed by atoms with Crippen LogP contribution < -0.4 is 10.1 Å². The minimum atomic E-state index is -2.78. The SMILES string of the molecule is COc1ccc(CCCC(=O)NC(CC(F)F)C(=O)O)cc1. The van der Waals surface area contributed by atoms with Crippen molar-refractivity contribution < 1.29 is 28.2 Å². The normalized spacial score (nSPS) is 12.0. The highest BCUT2D eigenvalue weighted by Gasteiger charge is 2.23. The van der Waals surface area contributed by atoms with E-state index in [1.807, 2.05) is 12.1 Å². The second-order valence-corrected chi connectivity index (χ2v) is 4.79. The summed E-state index contributed by atoms with van der Waals surface area (Å²) in [6.45, 7) is 0. The van der Waals surface area contributed by atoms with Crippen LogP contribution in [0, 0.1) is 0 Å². The van der Waals surface area contributed by atoms with E-state index in [4.69, 9.17) is 9.84 Å². The summed E-state index contributed by atoms with van der Waals surface area (Å²) in [5.74, 6) is -1.26. The molecule has 122 valence electrons. The molecule has 0 heterocycles. The van der Waals surface area contributed by atoms with Gasteiger partial charge in [0.25, 0.3) is 0 Å². The molecule has 1 unspecified atom stereocenters. The van der Waals surface area contributed by atoms with Gasteiger partial charge < -0.3 is 15.2 Å². The van der Waals surface area contributed by atoms with Crippen molar-refractivity contribution in [1.82, 2.24) is 5.32 Å². The summed E-state index contributed by atoms with van der Waals surface area (Å²) in [4.78, 5) is 22.4. The lowest BCUT2D eigenvalue weighted by molar-refractivity contribution is -0.143. The number of carboxylic acids is 1. The van der Waals surface area contributed by atoms with Gasteiger partial charge in [0, 0.05) is 12.8 Å². The number of hydrogen-bond donors (Lipinski definition) is 2. The number of aryl methyl sites for hydroxylation is 1. The minimum absolute atomic E-state index is 0.0824. The Labute approximate surface area is 127 Å². The Balaban J connectivity index is 2.36. The molecule has 0 aliphatic rings. The maximum Gasteiger partial charge on any atom is 0.326 e. The quantitative estimate of drug-likeness (QED) is 0.733. The largest absolute Gasteiger partial charge is 0.497 e. The van der Waals surface area contributed by atoms with Crippen molar-refractivity contribution in [3.63, 3.8) is 0 Å². The third kappa shape index (κ3) is 6.51. The average molecular weight is 315 g/mol. The molecule has 1 aromatic carbocycles. The summed E-state index contributed by atoms with van der Waals surface area (Å²) < 4.78 is 29.4. The number of carbonyl (C=O) groups is 2. The smallest absolute Gasteiger partial charge is 0.326 e. The van der Waals surface area contributed by atoms with Gasteiger partial charge in [0.15, 0.2) is 0 Å². The van der Waals surface area contributed by atoms with Crippen molar-refractivity contribution in [1.29, 1.82) is 0 Å². The van der Waals surface area contributed by atoms with E-state index >= 15 is 0 Å². The topological polar surface area (TPSA) is 75.6 Å². The molecule has 0 radical (unpaired) electrons. The van der Waals surface area contributed by atoms with Crippen LogP contribution in [0.1, 0.15) is 24.8 Å². The number of ether oxygens (including phenoxy) is 1. The van der Waals surface area contributed by atoms with Crippen molar-refractivity contribution in [3.8, 4) is 5.75 Å². The number of rotatable bonds is 9. The summed E-state index contributed by atoms with van der Waals surface area (Å²) >= 11 is 0. The van der Waals surface area contributed by atoms with Crippen LogP contribution in [0.25, 0.3) is 0 Å². The molecule has 0 saturated carbocycles. The fourth-order valence-electron chi connectivity index (χ4n) is 1.91. The standard InChI is InChI=1S/C15H19F2NO4/c1-22-11-7-5-10(6-8-11)3-2-4-14(19)18-12(15(20)21)9-13(16)17/h5-8,12-13H,2-4,9H2,1H3,(H,18,19)(H,20,21). The number of alkyl halides is 2. The van der Waals surface area contributed by atoms with E-state index in [2.05, 4.69) is 5.32 Å². The van der Waals surface area contributed by atoms with E-state index in [-0.39, 0.29) is 6.42 Å². The zero-order chi connectivity index (χ0) is 16.5. The number of aliphatic carboxylic acids is 1. The van der Waals surface area contributed by atoms with Gasteiger partial charge in [0.05, 0.1) is 7.11 Å². The molecule has 5 nitrogen and oxygen atoms in total. The average Bonchev–Trinajstić information content (AvgIpc) is 2.46. The van der Waals surface area contributed by atoms with E-state index in [1.165, 1.54) is 0 Å². The second-order valence-electron chi connectivity index (χ2n) is 4.79. The lowest BCUT2D eigenvalue weighted by Crippen LogP contribution is -2.41. The first-order chi connectivity index (χ1) is 10.4. The minimum Gasteiger partial charge on any atom is -0.497 e. The Morgan fingerprint density at radius 2 is 1.91 bits per heavy atom. The first-order valence-corrected chi connectivity index (χ1v) is 6.85. The highest BCUT2D eigenvalue weighted by atomic mass is 19.3.